The van der Waals surface area contributed by atoms with E-state index in [-0.39, 0.29) is 11.8 Å². The standard InChI is InChI=1S/C20H18N2O2/c23-19-17-8-4-7-16(15-9-11-21-12-10-15)18(17)20(24)22(19)13-14-5-2-1-3-6-14/h1-9,21H,10-13H2. The van der Waals surface area contributed by atoms with E-state index in [4.69, 9.17) is 0 Å². The number of benzene rings is 2. The van der Waals surface area contributed by atoms with E-state index in [0.717, 1.165) is 36.2 Å². The van der Waals surface area contributed by atoms with Crippen molar-refractivity contribution in [3.63, 3.8) is 0 Å². The summed E-state index contributed by atoms with van der Waals surface area (Å²) < 4.78 is 0. The Bertz CT molecular complexity index is 840. The zero-order chi connectivity index (χ0) is 16.5. The predicted octanol–water partition coefficient (Wildman–Crippen LogP) is 2.86. The summed E-state index contributed by atoms with van der Waals surface area (Å²) in [6.07, 6.45) is 2.98. The molecule has 120 valence electrons. The molecule has 4 nitrogen and oxygen atoms in total. The van der Waals surface area contributed by atoms with Crippen LogP contribution in [0.3, 0.4) is 0 Å². The zero-order valence-corrected chi connectivity index (χ0v) is 13.3. The lowest BCUT2D eigenvalue weighted by Crippen LogP contribution is -2.29. The van der Waals surface area contributed by atoms with Gasteiger partial charge >= 0.3 is 0 Å². The molecule has 0 bridgehead atoms. The molecule has 4 rings (SSSR count). The molecule has 2 aliphatic rings. The maximum Gasteiger partial charge on any atom is 0.262 e. The monoisotopic (exact) mass is 318 g/mol. The highest BCUT2D eigenvalue weighted by Crippen LogP contribution is 2.32. The van der Waals surface area contributed by atoms with Crippen LogP contribution in [-0.4, -0.2) is 29.8 Å². The number of imide groups is 1. The minimum Gasteiger partial charge on any atom is -0.313 e. The number of nitrogens with one attached hydrogen (secondary N) is 1. The molecule has 2 heterocycles. The second kappa shape index (κ2) is 6.06. The normalized spacial score (nSPS) is 17.0. The van der Waals surface area contributed by atoms with Crippen LogP contribution in [0.25, 0.3) is 5.57 Å². The van der Waals surface area contributed by atoms with E-state index >= 15 is 0 Å². The van der Waals surface area contributed by atoms with E-state index in [1.807, 2.05) is 42.5 Å². The van der Waals surface area contributed by atoms with Gasteiger partial charge in [0.1, 0.15) is 0 Å². The molecule has 0 fully saturated rings. The van der Waals surface area contributed by atoms with Crippen LogP contribution in [0.1, 0.15) is 38.3 Å². The lowest BCUT2D eigenvalue weighted by Gasteiger charge is -2.17. The summed E-state index contributed by atoms with van der Waals surface area (Å²) >= 11 is 0. The maximum absolute atomic E-state index is 12.9. The largest absolute Gasteiger partial charge is 0.313 e. The molecule has 0 saturated heterocycles. The molecule has 0 saturated carbocycles. The lowest BCUT2D eigenvalue weighted by atomic mass is 9.93. The van der Waals surface area contributed by atoms with Crippen LogP contribution in [0.15, 0.2) is 54.6 Å². The Labute approximate surface area is 140 Å². The van der Waals surface area contributed by atoms with Gasteiger partial charge < -0.3 is 5.32 Å². The first kappa shape index (κ1) is 14.8. The third kappa shape index (κ3) is 2.45. The second-order valence-electron chi connectivity index (χ2n) is 6.09. The minimum atomic E-state index is -0.199. The van der Waals surface area contributed by atoms with Crippen molar-refractivity contribution in [1.82, 2.24) is 10.2 Å². The summed E-state index contributed by atoms with van der Waals surface area (Å²) in [4.78, 5) is 27.0. The molecule has 0 spiro atoms. The number of hydrogen-bond acceptors (Lipinski definition) is 3. The Morgan fingerprint density at radius 3 is 2.46 bits per heavy atom. The third-order valence-corrected chi connectivity index (χ3v) is 4.59. The highest BCUT2D eigenvalue weighted by Gasteiger charge is 2.37. The van der Waals surface area contributed by atoms with E-state index < -0.39 is 0 Å². The second-order valence-corrected chi connectivity index (χ2v) is 6.09. The fourth-order valence-electron chi connectivity index (χ4n) is 3.38. The van der Waals surface area contributed by atoms with Crippen LogP contribution in [-0.2, 0) is 6.54 Å². The van der Waals surface area contributed by atoms with Crippen molar-refractivity contribution < 1.29 is 9.59 Å². The predicted molar refractivity (Wildman–Crippen MR) is 92.6 cm³/mol. The van der Waals surface area contributed by atoms with Gasteiger partial charge in [0.15, 0.2) is 0 Å². The zero-order valence-electron chi connectivity index (χ0n) is 13.3. The molecule has 0 atom stereocenters. The number of carbonyl (C=O) groups is 2. The van der Waals surface area contributed by atoms with Gasteiger partial charge in [0.05, 0.1) is 17.7 Å². The van der Waals surface area contributed by atoms with Crippen molar-refractivity contribution in [2.24, 2.45) is 0 Å². The minimum absolute atomic E-state index is 0.186. The van der Waals surface area contributed by atoms with Crippen LogP contribution >= 0.6 is 0 Å². The number of nitrogens with zero attached hydrogens (tertiary/aromatic N) is 1. The molecular formula is C20H18N2O2. The Kier molecular flexibility index (Phi) is 3.75. The van der Waals surface area contributed by atoms with Crippen molar-refractivity contribution in [1.29, 1.82) is 0 Å². The van der Waals surface area contributed by atoms with Crippen molar-refractivity contribution in [2.75, 3.05) is 13.1 Å². The van der Waals surface area contributed by atoms with E-state index in [9.17, 15) is 9.59 Å². The summed E-state index contributed by atoms with van der Waals surface area (Å²) in [7, 11) is 0. The summed E-state index contributed by atoms with van der Waals surface area (Å²) in [5.41, 5.74) is 4.09. The van der Waals surface area contributed by atoms with Crippen LogP contribution in [0.4, 0.5) is 0 Å². The average Bonchev–Trinajstić information content (AvgIpc) is 2.88. The van der Waals surface area contributed by atoms with Gasteiger partial charge in [-0.1, -0.05) is 48.5 Å². The van der Waals surface area contributed by atoms with Crippen LogP contribution in [0, 0.1) is 0 Å². The fourth-order valence-corrected chi connectivity index (χ4v) is 3.38. The molecule has 4 heteroatoms. The van der Waals surface area contributed by atoms with Gasteiger partial charge in [0.25, 0.3) is 11.8 Å². The van der Waals surface area contributed by atoms with Crippen molar-refractivity contribution in [3.8, 4) is 0 Å². The molecule has 24 heavy (non-hydrogen) atoms. The molecule has 2 aromatic rings. The van der Waals surface area contributed by atoms with E-state index in [2.05, 4.69) is 11.4 Å². The molecule has 2 aromatic carbocycles. The third-order valence-electron chi connectivity index (χ3n) is 4.59. The van der Waals surface area contributed by atoms with E-state index in [1.54, 1.807) is 6.07 Å². The van der Waals surface area contributed by atoms with Crippen molar-refractivity contribution >= 4 is 17.4 Å². The maximum atomic E-state index is 12.9. The summed E-state index contributed by atoms with van der Waals surface area (Å²) in [6.45, 7) is 2.01. The average molecular weight is 318 g/mol. The van der Waals surface area contributed by atoms with Gasteiger partial charge in [0.2, 0.25) is 0 Å². The number of amides is 2. The van der Waals surface area contributed by atoms with Crippen LogP contribution in [0.5, 0.6) is 0 Å². The summed E-state index contributed by atoms with van der Waals surface area (Å²) in [5.74, 6) is -0.385. The fraction of sp³-hybridized carbons (Fsp3) is 0.200. The van der Waals surface area contributed by atoms with Gasteiger partial charge in [-0.05, 0) is 35.7 Å². The van der Waals surface area contributed by atoms with Gasteiger partial charge in [-0.15, -0.1) is 0 Å². The Balaban J connectivity index is 1.72. The number of fused-ring (bicyclic) bond motifs is 1. The molecular weight excluding hydrogens is 300 g/mol. The topological polar surface area (TPSA) is 49.4 Å². The summed E-state index contributed by atoms with van der Waals surface area (Å²) in [6, 6.07) is 15.2. The first-order valence-corrected chi connectivity index (χ1v) is 8.19. The van der Waals surface area contributed by atoms with Crippen molar-refractivity contribution in [2.45, 2.75) is 13.0 Å². The van der Waals surface area contributed by atoms with Gasteiger partial charge in [-0.3, -0.25) is 14.5 Å². The van der Waals surface area contributed by atoms with Gasteiger partial charge in [-0.25, -0.2) is 0 Å². The van der Waals surface area contributed by atoms with E-state index in [0.29, 0.717) is 17.7 Å². The van der Waals surface area contributed by atoms with Gasteiger partial charge in [-0.2, -0.15) is 0 Å². The number of rotatable bonds is 3. The molecule has 0 radical (unpaired) electrons. The lowest BCUT2D eigenvalue weighted by molar-refractivity contribution is 0.0642. The molecule has 1 N–H and O–H groups in total. The Morgan fingerprint density at radius 1 is 0.917 bits per heavy atom. The highest BCUT2D eigenvalue weighted by molar-refractivity contribution is 6.23. The SMILES string of the molecule is O=C1c2cccc(C3=CCNCC3)c2C(=O)N1Cc1ccccc1. The first-order valence-electron chi connectivity index (χ1n) is 8.19. The number of carbonyl (C=O) groups excluding carboxylic acids is 2. The van der Waals surface area contributed by atoms with Crippen LogP contribution < -0.4 is 5.32 Å². The van der Waals surface area contributed by atoms with Crippen LogP contribution in [0.2, 0.25) is 0 Å². The number of hydrogen-bond donors (Lipinski definition) is 1. The first-order chi connectivity index (χ1) is 11.8. The molecule has 0 unspecified atom stereocenters. The molecule has 0 aromatic heterocycles. The molecule has 2 amide bonds. The van der Waals surface area contributed by atoms with Crippen molar-refractivity contribution in [3.05, 3.63) is 76.9 Å². The Morgan fingerprint density at radius 2 is 1.71 bits per heavy atom. The summed E-state index contributed by atoms with van der Waals surface area (Å²) in [5, 5.41) is 3.27. The molecule has 2 aliphatic heterocycles. The highest BCUT2D eigenvalue weighted by atomic mass is 16.2. The smallest absolute Gasteiger partial charge is 0.262 e. The molecule has 0 aliphatic carbocycles. The Hall–Kier alpha value is -2.72. The van der Waals surface area contributed by atoms with E-state index in [1.165, 1.54) is 4.90 Å². The van der Waals surface area contributed by atoms with Gasteiger partial charge in [0, 0.05) is 6.54 Å². The quantitative estimate of drug-likeness (QED) is 0.885.